The fourth-order valence-corrected chi connectivity index (χ4v) is 3.83. The molecule has 2 heterocycles. The van der Waals surface area contributed by atoms with Gasteiger partial charge in [0.25, 0.3) is 0 Å². The molecular weight excluding hydrogens is 360 g/mol. The van der Waals surface area contributed by atoms with Gasteiger partial charge in [-0.2, -0.15) is 0 Å². The zero-order valence-electron chi connectivity index (χ0n) is 15.9. The number of rotatable bonds is 4. The largest absolute Gasteiger partial charge is 0.493 e. The summed E-state index contributed by atoms with van der Waals surface area (Å²) in [7, 11) is 6.45. The molecule has 0 atom stereocenters. The van der Waals surface area contributed by atoms with Crippen molar-refractivity contribution in [2.45, 2.75) is 0 Å². The van der Waals surface area contributed by atoms with Crippen molar-refractivity contribution in [3.8, 4) is 45.3 Å². The highest BCUT2D eigenvalue weighted by Gasteiger charge is 2.30. The van der Waals surface area contributed by atoms with Gasteiger partial charge in [-0.1, -0.05) is 0 Å². The summed E-state index contributed by atoms with van der Waals surface area (Å²) in [6.07, 6.45) is 3.49. The molecule has 5 rings (SSSR count). The minimum absolute atomic E-state index is 0.623. The average Bonchev–Trinajstić information content (AvgIpc) is 2.73. The summed E-state index contributed by atoms with van der Waals surface area (Å²) in [6, 6.07) is 7.56. The molecule has 0 radical (unpaired) electrons. The molecule has 3 aliphatic rings. The molecule has 0 aromatic heterocycles. The molecule has 28 heavy (non-hydrogen) atoms. The highest BCUT2D eigenvalue weighted by atomic mass is 16.5. The summed E-state index contributed by atoms with van der Waals surface area (Å²) in [4.78, 5) is 0. The zero-order chi connectivity index (χ0) is 19.4. The van der Waals surface area contributed by atoms with Gasteiger partial charge in [-0.25, -0.2) is 0 Å². The topological polar surface area (TPSA) is 63.2 Å². The van der Waals surface area contributed by atoms with Crippen LogP contribution >= 0.6 is 0 Å². The Morgan fingerprint density at radius 2 is 0.893 bits per heavy atom. The molecule has 2 aromatic rings. The van der Waals surface area contributed by atoms with E-state index >= 15 is 0 Å². The maximum atomic E-state index is 5.84. The standard InChI is InChI=1S/C22H18O6/c1-23-17-5-11-15(7-19(17)25-3)27-9-13-14-10-28-16-8-20(26-4)18(24-2)6-12(16)22(14)21(11)13/h5-10H,1-4H3. The Kier molecular flexibility index (Phi) is 3.55. The van der Waals surface area contributed by atoms with Crippen molar-refractivity contribution in [2.24, 2.45) is 0 Å². The van der Waals surface area contributed by atoms with E-state index in [0.717, 1.165) is 44.2 Å². The smallest absolute Gasteiger partial charge is 0.164 e. The van der Waals surface area contributed by atoms with Crippen molar-refractivity contribution in [1.82, 2.24) is 0 Å². The van der Waals surface area contributed by atoms with E-state index < -0.39 is 0 Å². The van der Waals surface area contributed by atoms with E-state index in [9.17, 15) is 0 Å². The summed E-state index contributed by atoms with van der Waals surface area (Å²) in [5.74, 6) is 2.54. The van der Waals surface area contributed by atoms with Crippen LogP contribution in [0, 0.1) is 0 Å². The number of ether oxygens (including phenoxy) is 4. The van der Waals surface area contributed by atoms with Crippen molar-refractivity contribution < 1.29 is 27.8 Å². The van der Waals surface area contributed by atoms with Crippen molar-refractivity contribution in [3.05, 3.63) is 36.8 Å². The van der Waals surface area contributed by atoms with Gasteiger partial charge >= 0.3 is 0 Å². The third-order valence-corrected chi connectivity index (χ3v) is 5.20. The summed E-state index contributed by atoms with van der Waals surface area (Å²) < 4.78 is 33.5. The lowest BCUT2D eigenvalue weighted by molar-refractivity contribution is 0.355. The van der Waals surface area contributed by atoms with Gasteiger partial charge < -0.3 is 27.8 Å². The molecule has 0 unspecified atom stereocenters. The van der Waals surface area contributed by atoms with Gasteiger partial charge in [-0.3, -0.25) is 0 Å². The van der Waals surface area contributed by atoms with Crippen molar-refractivity contribution >= 4 is 21.9 Å². The SMILES string of the molecule is COc1cc2occ3c4coc5cc(OC)c(OC)cc5c-4c-3c2cc1OC. The summed E-state index contributed by atoms with van der Waals surface area (Å²) in [5.41, 5.74) is 5.61. The molecule has 0 saturated heterocycles. The molecule has 6 heteroatoms. The molecule has 6 nitrogen and oxygen atoms in total. The lowest BCUT2D eigenvalue weighted by Gasteiger charge is -2.26. The first-order chi connectivity index (χ1) is 13.7. The van der Waals surface area contributed by atoms with Crippen molar-refractivity contribution in [1.29, 1.82) is 0 Å². The van der Waals surface area contributed by atoms with Gasteiger partial charge in [0.1, 0.15) is 11.2 Å². The Labute approximate surface area is 160 Å². The van der Waals surface area contributed by atoms with Gasteiger partial charge in [-0.05, 0) is 12.1 Å². The highest BCUT2D eigenvalue weighted by molar-refractivity contribution is 6.20. The second-order valence-electron chi connectivity index (χ2n) is 6.46. The van der Waals surface area contributed by atoms with Gasteiger partial charge in [0, 0.05) is 45.2 Å². The Morgan fingerprint density at radius 3 is 1.25 bits per heavy atom. The molecule has 1 aliphatic carbocycles. The van der Waals surface area contributed by atoms with Gasteiger partial charge in [-0.15, -0.1) is 0 Å². The summed E-state index contributed by atoms with van der Waals surface area (Å²) >= 11 is 0. The Morgan fingerprint density at radius 1 is 0.536 bits per heavy atom. The first-order valence-corrected chi connectivity index (χ1v) is 8.72. The predicted octanol–water partition coefficient (Wildman–Crippen LogP) is 5.42. The molecular formula is C22H18O6. The highest BCUT2D eigenvalue weighted by Crippen LogP contribution is 2.55. The minimum Gasteiger partial charge on any atom is -0.493 e. The lowest BCUT2D eigenvalue weighted by atomic mass is 9.79. The fourth-order valence-electron chi connectivity index (χ4n) is 3.83. The van der Waals surface area contributed by atoms with Crippen LogP contribution in [0.4, 0.5) is 0 Å². The van der Waals surface area contributed by atoms with Gasteiger partial charge in [0.05, 0.1) is 41.0 Å². The third kappa shape index (κ3) is 2.08. The molecule has 2 aromatic carbocycles. The van der Waals surface area contributed by atoms with E-state index in [-0.39, 0.29) is 0 Å². The average molecular weight is 378 g/mol. The van der Waals surface area contributed by atoms with Crippen molar-refractivity contribution in [2.75, 3.05) is 28.4 Å². The maximum Gasteiger partial charge on any atom is 0.164 e. The first-order valence-electron chi connectivity index (χ1n) is 8.72. The number of hydrogen-bond donors (Lipinski definition) is 0. The normalized spacial score (nSPS) is 11.6. The van der Waals surface area contributed by atoms with Crippen LogP contribution in [0.25, 0.3) is 44.2 Å². The molecule has 142 valence electrons. The summed E-state index contributed by atoms with van der Waals surface area (Å²) in [6.45, 7) is 0. The van der Waals surface area contributed by atoms with Crippen LogP contribution in [-0.2, 0) is 0 Å². The number of benzene rings is 2. The Balaban J connectivity index is 1.90. The molecule has 0 N–H and O–H groups in total. The minimum atomic E-state index is 0.623. The van der Waals surface area contributed by atoms with Crippen LogP contribution in [-0.4, -0.2) is 28.4 Å². The van der Waals surface area contributed by atoms with Crippen LogP contribution in [0.2, 0.25) is 0 Å². The van der Waals surface area contributed by atoms with Gasteiger partial charge in [0.15, 0.2) is 23.0 Å². The van der Waals surface area contributed by atoms with Crippen molar-refractivity contribution in [3.63, 3.8) is 0 Å². The molecule has 0 fully saturated rings. The quantitative estimate of drug-likeness (QED) is 0.416. The fraction of sp³-hybridized carbons (Fsp3) is 0.182. The maximum absolute atomic E-state index is 5.84. The van der Waals surface area contributed by atoms with E-state index in [1.165, 1.54) is 0 Å². The molecule has 0 spiro atoms. The molecule has 2 aliphatic heterocycles. The summed E-state index contributed by atoms with van der Waals surface area (Å²) in [5, 5.41) is 1.90. The number of methoxy groups -OCH3 is 4. The number of hydrogen-bond acceptors (Lipinski definition) is 6. The molecule has 0 amide bonds. The van der Waals surface area contributed by atoms with Crippen LogP contribution in [0.1, 0.15) is 0 Å². The lowest BCUT2D eigenvalue weighted by Crippen LogP contribution is -2.02. The second kappa shape index (κ2) is 5.99. The van der Waals surface area contributed by atoms with Crippen LogP contribution in [0.3, 0.4) is 0 Å². The zero-order valence-corrected chi connectivity index (χ0v) is 15.9. The number of fused-ring (bicyclic) bond motifs is 8. The van der Waals surface area contributed by atoms with E-state index in [1.54, 1.807) is 41.0 Å². The van der Waals surface area contributed by atoms with Crippen LogP contribution in [0.5, 0.6) is 23.0 Å². The molecule has 0 bridgehead atoms. The third-order valence-electron chi connectivity index (χ3n) is 5.20. The Bertz CT molecular complexity index is 1160. The van der Waals surface area contributed by atoms with E-state index in [4.69, 9.17) is 27.8 Å². The monoisotopic (exact) mass is 378 g/mol. The van der Waals surface area contributed by atoms with E-state index in [2.05, 4.69) is 0 Å². The van der Waals surface area contributed by atoms with Crippen LogP contribution < -0.4 is 18.9 Å². The van der Waals surface area contributed by atoms with Gasteiger partial charge in [0.2, 0.25) is 0 Å². The molecule has 0 saturated carbocycles. The second-order valence-corrected chi connectivity index (χ2v) is 6.46. The Hall–Kier alpha value is -3.54. The predicted molar refractivity (Wildman–Crippen MR) is 105 cm³/mol. The van der Waals surface area contributed by atoms with E-state index in [0.29, 0.717) is 23.0 Å². The first kappa shape index (κ1) is 16.6. The van der Waals surface area contributed by atoms with E-state index in [1.807, 2.05) is 24.3 Å². The van der Waals surface area contributed by atoms with Crippen LogP contribution in [0.15, 0.2) is 45.6 Å².